The third kappa shape index (κ3) is 6.14. The number of halogens is 1. The van der Waals surface area contributed by atoms with Gasteiger partial charge in [0, 0.05) is 0 Å². The van der Waals surface area contributed by atoms with Gasteiger partial charge in [-0.2, -0.15) is 0 Å². The average Bonchev–Trinajstić information content (AvgIpc) is 2.81. The normalized spacial score (nSPS) is 12.5. The lowest BCUT2D eigenvalue weighted by molar-refractivity contribution is -0.104. The zero-order chi connectivity index (χ0) is 21.2. The van der Waals surface area contributed by atoms with Crippen molar-refractivity contribution in [3.8, 4) is 0 Å². The molecule has 0 saturated carbocycles. The van der Waals surface area contributed by atoms with Gasteiger partial charge in [0.25, 0.3) is 0 Å². The largest absolute Gasteiger partial charge is 1.00 e. The molecular weight excluding hydrogens is 419 g/mol. The molecule has 3 aromatic carbocycles. The number of carbonyl (C=O) groups excluding carboxylic acids is 1. The van der Waals surface area contributed by atoms with E-state index in [2.05, 4.69) is 110 Å². The van der Waals surface area contributed by atoms with E-state index in [1.54, 1.807) is 0 Å². The fraction of sp³-hybridized carbons (Fsp3) is 0.107. The molecule has 0 aliphatic rings. The highest BCUT2D eigenvalue weighted by molar-refractivity contribution is 7.95. The van der Waals surface area contributed by atoms with Crippen molar-refractivity contribution in [1.29, 1.82) is 0 Å². The predicted molar refractivity (Wildman–Crippen MR) is 133 cm³/mol. The second-order valence-electron chi connectivity index (χ2n) is 7.33. The SMILES string of the molecule is C/C(C=O)=C/C=C/C(C)=C/C[P+](c1ccccc1)(c1ccccc1)c1ccccc1.[Cl-]. The van der Waals surface area contributed by atoms with E-state index in [1.165, 1.54) is 21.5 Å². The van der Waals surface area contributed by atoms with Gasteiger partial charge in [-0.3, -0.25) is 4.79 Å². The summed E-state index contributed by atoms with van der Waals surface area (Å²) in [5, 5.41) is 4.14. The Hall–Kier alpha value is -2.73. The third-order valence-electron chi connectivity index (χ3n) is 5.18. The second-order valence-corrected chi connectivity index (χ2v) is 10.9. The molecule has 0 aliphatic carbocycles. The minimum absolute atomic E-state index is 0. The van der Waals surface area contributed by atoms with E-state index in [4.69, 9.17) is 0 Å². The summed E-state index contributed by atoms with van der Waals surface area (Å²) in [5.41, 5.74) is 1.91. The molecule has 0 atom stereocenters. The summed E-state index contributed by atoms with van der Waals surface area (Å²) in [5.74, 6) is 0. The van der Waals surface area contributed by atoms with E-state index in [0.717, 1.165) is 18.0 Å². The van der Waals surface area contributed by atoms with Crippen LogP contribution in [0.3, 0.4) is 0 Å². The first-order chi connectivity index (χ1) is 14.7. The Balaban J connectivity index is 0.00000341. The van der Waals surface area contributed by atoms with Gasteiger partial charge in [-0.05, 0) is 61.9 Å². The number of hydrogen-bond donors (Lipinski definition) is 0. The lowest BCUT2D eigenvalue weighted by atomic mass is 10.2. The highest BCUT2D eigenvalue weighted by atomic mass is 35.5. The van der Waals surface area contributed by atoms with Crippen LogP contribution in [0.2, 0.25) is 0 Å². The molecule has 0 aliphatic heterocycles. The summed E-state index contributed by atoms with van der Waals surface area (Å²) >= 11 is 0. The van der Waals surface area contributed by atoms with Crippen LogP contribution in [-0.4, -0.2) is 12.4 Å². The molecule has 31 heavy (non-hydrogen) atoms. The topological polar surface area (TPSA) is 17.1 Å². The number of allylic oxidation sites excluding steroid dienone is 6. The Morgan fingerprint density at radius 1 is 0.710 bits per heavy atom. The first-order valence-electron chi connectivity index (χ1n) is 10.2. The van der Waals surface area contributed by atoms with Crippen molar-refractivity contribution < 1.29 is 17.2 Å². The van der Waals surface area contributed by atoms with Gasteiger partial charge >= 0.3 is 0 Å². The van der Waals surface area contributed by atoms with Crippen molar-refractivity contribution in [1.82, 2.24) is 0 Å². The third-order valence-corrected chi connectivity index (χ3v) is 9.45. The molecule has 3 rings (SSSR count). The van der Waals surface area contributed by atoms with E-state index in [9.17, 15) is 4.79 Å². The molecule has 0 saturated heterocycles. The average molecular weight is 447 g/mol. The summed E-state index contributed by atoms with van der Waals surface area (Å²) in [6.45, 7) is 3.93. The molecule has 0 heterocycles. The van der Waals surface area contributed by atoms with Crippen molar-refractivity contribution in [2.75, 3.05) is 6.16 Å². The first kappa shape index (κ1) is 24.5. The second kappa shape index (κ2) is 12.2. The Labute approximate surface area is 193 Å². The number of rotatable bonds is 8. The molecule has 0 spiro atoms. The van der Waals surface area contributed by atoms with Crippen LogP contribution in [0.15, 0.2) is 126 Å². The maximum atomic E-state index is 10.8. The summed E-state index contributed by atoms with van der Waals surface area (Å²) in [6, 6.07) is 32.7. The van der Waals surface area contributed by atoms with E-state index in [1.807, 2.05) is 19.1 Å². The monoisotopic (exact) mass is 446 g/mol. The van der Waals surface area contributed by atoms with Gasteiger partial charge < -0.3 is 12.4 Å². The Morgan fingerprint density at radius 3 is 1.52 bits per heavy atom. The molecule has 1 nitrogen and oxygen atoms in total. The zero-order valence-corrected chi connectivity index (χ0v) is 19.6. The summed E-state index contributed by atoms with van der Waals surface area (Å²) in [6.07, 6.45) is 10.0. The fourth-order valence-corrected chi connectivity index (χ4v) is 7.68. The van der Waals surface area contributed by atoms with E-state index >= 15 is 0 Å². The van der Waals surface area contributed by atoms with Gasteiger partial charge in [0.15, 0.2) is 0 Å². The molecule has 0 N–H and O–H groups in total. The maximum absolute atomic E-state index is 10.8. The predicted octanol–water partition coefficient (Wildman–Crippen LogP) is 2.63. The van der Waals surface area contributed by atoms with Gasteiger partial charge in [0.2, 0.25) is 0 Å². The molecule has 0 bridgehead atoms. The van der Waals surface area contributed by atoms with E-state index in [0.29, 0.717) is 0 Å². The molecular formula is C28H28ClOP. The summed E-state index contributed by atoms with van der Waals surface area (Å²) in [4.78, 5) is 10.8. The summed E-state index contributed by atoms with van der Waals surface area (Å²) < 4.78 is 0. The molecule has 0 aromatic heterocycles. The lowest BCUT2D eigenvalue weighted by Gasteiger charge is -2.26. The van der Waals surface area contributed by atoms with Crippen molar-refractivity contribution in [2.24, 2.45) is 0 Å². The van der Waals surface area contributed by atoms with Crippen LogP contribution in [0.4, 0.5) is 0 Å². The van der Waals surface area contributed by atoms with Crippen LogP contribution in [0.5, 0.6) is 0 Å². The van der Waals surface area contributed by atoms with Gasteiger partial charge in [-0.1, -0.05) is 78.4 Å². The zero-order valence-electron chi connectivity index (χ0n) is 18.0. The highest BCUT2D eigenvalue weighted by Crippen LogP contribution is 2.55. The standard InChI is InChI=1S/C28H28OP.ClH/c1-24(13-12-14-25(2)23-29)21-22-30(26-15-6-3-7-16-26,27-17-8-4-9-18-27)28-19-10-5-11-20-28;/h3-21,23H,22H2,1-2H3;1H/q+1;/p-1/b13-12+,24-21+,25-14-;. The van der Waals surface area contributed by atoms with Crippen LogP contribution in [-0.2, 0) is 4.79 Å². The maximum Gasteiger partial charge on any atom is 0.145 e. The van der Waals surface area contributed by atoms with Gasteiger partial charge in [-0.25, -0.2) is 0 Å². The van der Waals surface area contributed by atoms with Crippen LogP contribution >= 0.6 is 7.26 Å². The molecule has 0 amide bonds. The summed E-state index contributed by atoms with van der Waals surface area (Å²) in [7, 11) is -1.85. The molecule has 0 radical (unpaired) electrons. The Kier molecular flexibility index (Phi) is 9.66. The smallest absolute Gasteiger partial charge is 0.145 e. The molecule has 3 heteroatoms. The molecule has 3 aromatic rings. The lowest BCUT2D eigenvalue weighted by Crippen LogP contribution is -3.00. The van der Waals surface area contributed by atoms with Crippen molar-refractivity contribution in [3.05, 3.63) is 126 Å². The van der Waals surface area contributed by atoms with Crippen molar-refractivity contribution in [2.45, 2.75) is 13.8 Å². The van der Waals surface area contributed by atoms with Gasteiger partial charge in [0.05, 0.1) is 6.16 Å². The highest BCUT2D eigenvalue weighted by Gasteiger charge is 2.44. The van der Waals surface area contributed by atoms with Crippen molar-refractivity contribution >= 4 is 29.5 Å². The number of benzene rings is 3. The Morgan fingerprint density at radius 2 is 1.13 bits per heavy atom. The van der Waals surface area contributed by atoms with Crippen LogP contribution in [0, 0.1) is 0 Å². The quantitative estimate of drug-likeness (QED) is 0.225. The van der Waals surface area contributed by atoms with Crippen LogP contribution in [0.25, 0.3) is 0 Å². The molecule has 0 fully saturated rings. The van der Waals surface area contributed by atoms with Crippen molar-refractivity contribution in [3.63, 3.8) is 0 Å². The van der Waals surface area contributed by atoms with Crippen LogP contribution in [0.1, 0.15) is 13.8 Å². The molecule has 0 unspecified atom stereocenters. The fourth-order valence-electron chi connectivity index (χ4n) is 3.55. The number of aldehydes is 1. The number of carbonyl (C=O) groups is 1. The Bertz CT molecular complexity index is 941. The minimum Gasteiger partial charge on any atom is -1.00 e. The van der Waals surface area contributed by atoms with Gasteiger partial charge in [0.1, 0.15) is 29.5 Å². The van der Waals surface area contributed by atoms with E-state index < -0.39 is 7.26 Å². The minimum atomic E-state index is -1.85. The first-order valence-corrected chi connectivity index (χ1v) is 12.2. The molecule has 158 valence electrons. The van der Waals surface area contributed by atoms with E-state index in [-0.39, 0.29) is 12.4 Å². The van der Waals surface area contributed by atoms with Crippen LogP contribution < -0.4 is 28.3 Å². The number of hydrogen-bond acceptors (Lipinski definition) is 1. The van der Waals surface area contributed by atoms with Gasteiger partial charge in [-0.15, -0.1) is 0 Å².